The molecule has 0 saturated carbocycles. The van der Waals surface area contributed by atoms with Gasteiger partial charge in [0, 0.05) is 11.1 Å². The number of hydrogen-bond acceptors (Lipinski definition) is 5. The lowest BCUT2D eigenvalue weighted by atomic mass is 10.1. The fourth-order valence-electron chi connectivity index (χ4n) is 2.60. The summed E-state index contributed by atoms with van der Waals surface area (Å²) < 4.78 is 5.56. The van der Waals surface area contributed by atoms with Crippen LogP contribution in [0.3, 0.4) is 0 Å². The molecule has 138 valence electrons. The van der Waals surface area contributed by atoms with E-state index in [9.17, 15) is 9.90 Å². The van der Waals surface area contributed by atoms with Crippen LogP contribution in [0.1, 0.15) is 5.56 Å². The second-order valence-corrected chi connectivity index (χ2v) is 6.58. The molecule has 0 saturated heterocycles. The minimum absolute atomic E-state index is 0.0120. The van der Waals surface area contributed by atoms with Crippen LogP contribution in [-0.2, 0) is 4.79 Å². The number of nitrogens with one attached hydrogen (secondary N) is 2. The third-order valence-electron chi connectivity index (χ3n) is 3.90. The van der Waals surface area contributed by atoms with Crippen molar-refractivity contribution in [1.82, 2.24) is 5.43 Å². The lowest BCUT2D eigenvalue weighted by molar-refractivity contribution is -0.119. The highest BCUT2D eigenvalue weighted by Crippen LogP contribution is 2.34. The SMILES string of the molecule is COc1cc(C=NNC(=O)CNc2cccc3ccccc23)cc(Br)c1O. The van der Waals surface area contributed by atoms with Crippen LogP contribution < -0.4 is 15.5 Å². The van der Waals surface area contributed by atoms with E-state index in [0.717, 1.165) is 16.5 Å². The third-order valence-corrected chi connectivity index (χ3v) is 4.51. The number of anilines is 1. The number of carbonyl (C=O) groups excluding carboxylic acids is 1. The zero-order chi connectivity index (χ0) is 19.2. The van der Waals surface area contributed by atoms with Gasteiger partial charge < -0.3 is 15.2 Å². The molecule has 0 spiro atoms. The first-order valence-corrected chi connectivity index (χ1v) is 8.98. The molecule has 6 nitrogen and oxygen atoms in total. The first kappa shape index (κ1) is 18.7. The van der Waals surface area contributed by atoms with E-state index in [-0.39, 0.29) is 18.2 Å². The molecule has 0 radical (unpaired) electrons. The largest absolute Gasteiger partial charge is 0.503 e. The molecule has 0 bridgehead atoms. The Morgan fingerprint density at radius 2 is 2.00 bits per heavy atom. The Kier molecular flexibility index (Phi) is 5.93. The van der Waals surface area contributed by atoms with E-state index in [1.807, 2.05) is 42.5 Å². The number of phenols is 1. The predicted octanol–water partition coefficient (Wildman–Crippen LogP) is 3.88. The molecule has 27 heavy (non-hydrogen) atoms. The van der Waals surface area contributed by atoms with Crippen LogP contribution in [0.25, 0.3) is 10.8 Å². The highest BCUT2D eigenvalue weighted by Gasteiger charge is 2.08. The molecule has 3 N–H and O–H groups in total. The number of benzene rings is 3. The molecule has 0 aromatic heterocycles. The Balaban J connectivity index is 1.60. The van der Waals surface area contributed by atoms with Crippen LogP contribution in [0.5, 0.6) is 11.5 Å². The zero-order valence-corrected chi connectivity index (χ0v) is 16.2. The van der Waals surface area contributed by atoms with Crippen molar-refractivity contribution in [3.05, 3.63) is 64.6 Å². The standard InChI is InChI=1S/C20H18BrN3O3/c1-27-18-10-13(9-16(21)20(18)26)11-23-24-19(25)12-22-17-8-4-6-14-5-2-3-7-15(14)17/h2-11,22,26H,12H2,1H3,(H,24,25). The molecule has 0 aliphatic rings. The number of hydrazone groups is 1. The fraction of sp³-hybridized carbons (Fsp3) is 0.100. The molecule has 1 amide bonds. The van der Waals surface area contributed by atoms with Crippen LogP contribution in [0.2, 0.25) is 0 Å². The molecule has 7 heteroatoms. The van der Waals surface area contributed by atoms with E-state index >= 15 is 0 Å². The number of phenolic OH excluding ortho intramolecular Hbond substituents is 1. The summed E-state index contributed by atoms with van der Waals surface area (Å²) in [4.78, 5) is 12.0. The smallest absolute Gasteiger partial charge is 0.259 e. The molecule has 3 rings (SSSR count). The maximum absolute atomic E-state index is 12.0. The number of fused-ring (bicyclic) bond motifs is 1. The van der Waals surface area contributed by atoms with Gasteiger partial charge >= 0.3 is 0 Å². The fourth-order valence-corrected chi connectivity index (χ4v) is 3.06. The molecule has 0 heterocycles. The summed E-state index contributed by atoms with van der Waals surface area (Å²) in [6.45, 7) is 0.0912. The highest BCUT2D eigenvalue weighted by atomic mass is 79.9. The topological polar surface area (TPSA) is 83.0 Å². The van der Waals surface area contributed by atoms with Crippen molar-refractivity contribution in [2.24, 2.45) is 5.10 Å². The van der Waals surface area contributed by atoms with E-state index in [1.54, 1.807) is 12.1 Å². The quantitative estimate of drug-likeness (QED) is 0.411. The zero-order valence-electron chi connectivity index (χ0n) is 14.6. The molecule has 0 fully saturated rings. The summed E-state index contributed by atoms with van der Waals surface area (Å²) in [5, 5.41) is 19.0. The van der Waals surface area contributed by atoms with E-state index < -0.39 is 0 Å². The number of carbonyl (C=O) groups is 1. The Morgan fingerprint density at radius 1 is 1.22 bits per heavy atom. The molecule has 3 aromatic carbocycles. The monoisotopic (exact) mass is 427 g/mol. The van der Waals surface area contributed by atoms with Crippen molar-refractivity contribution in [2.75, 3.05) is 19.0 Å². The lowest BCUT2D eigenvalue weighted by Gasteiger charge is -2.09. The predicted molar refractivity (Wildman–Crippen MR) is 111 cm³/mol. The van der Waals surface area contributed by atoms with Gasteiger partial charge in [-0.05, 0) is 45.1 Å². The Morgan fingerprint density at radius 3 is 2.81 bits per heavy atom. The van der Waals surface area contributed by atoms with Crippen LogP contribution in [0.4, 0.5) is 5.69 Å². The molecule has 0 atom stereocenters. The number of aromatic hydroxyl groups is 1. The van der Waals surface area contributed by atoms with Crippen molar-refractivity contribution < 1.29 is 14.6 Å². The Hall–Kier alpha value is -3.06. The van der Waals surface area contributed by atoms with Gasteiger partial charge in [-0.15, -0.1) is 0 Å². The third kappa shape index (κ3) is 4.57. The van der Waals surface area contributed by atoms with Crippen LogP contribution >= 0.6 is 15.9 Å². The second-order valence-electron chi connectivity index (χ2n) is 5.73. The van der Waals surface area contributed by atoms with Crippen molar-refractivity contribution in [2.45, 2.75) is 0 Å². The van der Waals surface area contributed by atoms with Crippen molar-refractivity contribution in [1.29, 1.82) is 0 Å². The second kappa shape index (κ2) is 8.55. The first-order chi connectivity index (χ1) is 13.1. The number of rotatable bonds is 6. The number of nitrogens with zero attached hydrogens (tertiary/aromatic N) is 1. The van der Waals surface area contributed by atoms with Gasteiger partial charge in [0.1, 0.15) is 0 Å². The summed E-state index contributed by atoms with van der Waals surface area (Å²) in [6.07, 6.45) is 1.47. The number of methoxy groups -OCH3 is 1. The minimum atomic E-state index is -0.274. The number of ether oxygens (including phenoxy) is 1. The van der Waals surface area contributed by atoms with Crippen LogP contribution in [0, 0.1) is 0 Å². The van der Waals surface area contributed by atoms with Crippen molar-refractivity contribution in [3.8, 4) is 11.5 Å². The molecule has 0 unspecified atom stereocenters. The summed E-state index contributed by atoms with van der Waals surface area (Å²) in [6, 6.07) is 17.1. The van der Waals surface area contributed by atoms with E-state index in [4.69, 9.17) is 4.74 Å². The van der Waals surface area contributed by atoms with Gasteiger partial charge in [-0.3, -0.25) is 4.79 Å². The number of halogens is 1. The van der Waals surface area contributed by atoms with E-state index in [2.05, 4.69) is 31.8 Å². The summed E-state index contributed by atoms with van der Waals surface area (Å²) in [7, 11) is 1.46. The van der Waals surface area contributed by atoms with E-state index in [1.165, 1.54) is 13.3 Å². The van der Waals surface area contributed by atoms with Crippen LogP contribution in [0.15, 0.2) is 64.2 Å². The normalized spacial score (nSPS) is 10.9. The molecular weight excluding hydrogens is 410 g/mol. The summed E-state index contributed by atoms with van der Waals surface area (Å²) >= 11 is 3.24. The van der Waals surface area contributed by atoms with Gasteiger partial charge in [0.2, 0.25) is 0 Å². The summed E-state index contributed by atoms with van der Waals surface area (Å²) in [5.74, 6) is 0.0525. The molecule has 0 aliphatic heterocycles. The Bertz CT molecular complexity index is 1000. The van der Waals surface area contributed by atoms with E-state index in [0.29, 0.717) is 15.8 Å². The maximum Gasteiger partial charge on any atom is 0.259 e. The van der Waals surface area contributed by atoms with Crippen molar-refractivity contribution >= 4 is 44.5 Å². The van der Waals surface area contributed by atoms with Gasteiger partial charge in [-0.1, -0.05) is 36.4 Å². The average Bonchev–Trinajstić information content (AvgIpc) is 2.68. The van der Waals surface area contributed by atoms with Gasteiger partial charge in [-0.25, -0.2) is 5.43 Å². The molecule has 3 aromatic rings. The number of hydrogen-bond donors (Lipinski definition) is 3. The molecule has 0 aliphatic carbocycles. The first-order valence-electron chi connectivity index (χ1n) is 8.18. The van der Waals surface area contributed by atoms with Gasteiger partial charge in [0.15, 0.2) is 11.5 Å². The van der Waals surface area contributed by atoms with Crippen LogP contribution in [-0.4, -0.2) is 30.9 Å². The lowest BCUT2D eigenvalue weighted by Crippen LogP contribution is -2.25. The highest BCUT2D eigenvalue weighted by molar-refractivity contribution is 9.10. The number of amides is 1. The minimum Gasteiger partial charge on any atom is -0.503 e. The summed E-state index contributed by atoms with van der Waals surface area (Å²) in [5.41, 5.74) is 4.02. The van der Waals surface area contributed by atoms with Gasteiger partial charge in [0.25, 0.3) is 5.91 Å². The maximum atomic E-state index is 12.0. The van der Waals surface area contributed by atoms with Gasteiger partial charge in [0.05, 0.1) is 24.3 Å². The van der Waals surface area contributed by atoms with Crippen molar-refractivity contribution in [3.63, 3.8) is 0 Å². The average molecular weight is 428 g/mol. The van der Waals surface area contributed by atoms with Gasteiger partial charge in [-0.2, -0.15) is 5.10 Å². The Labute approximate surface area is 165 Å². The molecular formula is C20H18BrN3O3.